The maximum atomic E-state index is 5.78. The molecule has 17 heavy (non-hydrogen) atoms. The number of nitrogens with two attached hydrogens (primary N) is 1. The molecule has 2 rings (SSSR count). The van der Waals surface area contributed by atoms with Crippen molar-refractivity contribution < 1.29 is 4.42 Å². The van der Waals surface area contributed by atoms with E-state index in [9.17, 15) is 0 Å². The van der Waals surface area contributed by atoms with E-state index in [2.05, 4.69) is 9.88 Å². The molecule has 1 unspecified atom stereocenters. The standard InChI is InChI=1S/C13H17N3O/c1-10(14)12-3-4-13(15-7-12)16(2)8-11-5-6-17-9-11/h3-7,9-10H,8,14H2,1-2H3. The molecular weight excluding hydrogens is 214 g/mol. The van der Waals surface area contributed by atoms with Gasteiger partial charge < -0.3 is 15.1 Å². The number of hydrogen-bond donors (Lipinski definition) is 1. The number of furan rings is 1. The van der Waals surface area contributed by atoms with E-state index in [4.69, 9.17) is 10.2 Å². The van der Waals surface area contributed by atoms with E-state index in [-0.39, 0.29) is 6.04 Å². The second-order valence-corrected chi connectivity index (χ2v) is 4.23. The fourth-order valence-electron chi connectivity index (χ4n) is 1.63. The van der Waals surface area contributed by atoms with Crippen LogP contribution in [0, 0.1) is 0 Å². The summed E-state index contributed by atoms with van der Waals surface area (Å²) < 4.78 is 5.04. The first-order valence-corrected chi connectivity index (χ1v) is 5.60. The molecule has 0 amide bonds. The zero-order valence-electron chi connectivity index (χ0n) is 10.1. The Morgan fingerprint density at radius 3 is 2.76 bits per heavy atom. The van der Waals surface area contributed by atoms with E-state index < -0.39 is 0 Å². The van der Waals surface area contributed by atoms with Crippen molar-refractivity contribution in [3.05, 3.63) is 48.0 Å². The van der Waals surface area contributed by atoms with Gasteiger partial charge in [-0.25, -0.2) is 4.98 Å². The van der Waals surface area contributed by atoms with Crippen molar-refractivity contribution in [3.63, 3.8) is 0 Å². The molecule has 0 radical (unpaired) electrons. The van der Waals surface area contributed by atoms with Crippen LogP contribution in [0.15, 0.2) is 41.3 Å². The van der Waals surface area contributed by atoms with Crippen molar-refractivity contribution in [1.82, 2.24) is 4.98 Å². The van der Waals surface area contributed by atoms with E-state index in [1.807, 2.05) is 38.4 Å². The van der Waals surface area contributed by atoms with Crippen LogP contribution in [-0.2, 0) is 6.54 Å². The monoisotopic (exact) mass is 231 g/mol. The lowest BCUT2D eigenvalue weighted by Gasteiger charge is -2.17. The summed E-state index contributed by atoms with van der Waals surface area (Å²) in [6.07, 6.45) is 5.24. The predicted molar refractivity (Wildman–Crippen MR) is 67.7 cm³/mol. The molecule has 0 aromatic carbocycles. The highest BCUT2D eigenvalue weighted by molar-refractivity contribution is 5.39. The Bertz CT molecular complexity index is 448. The lowest BCUT2D eigenvalue weighted by Crippen LogP contribution is -2.17. The van der Waals surface area contributed by atoms with Crippen molar-refractivity contribution in [2.75, 3.05) is 11.9 Å². The first-order valence-electron chi connectivity index (χ1n) is 5.60. The van der Waals surface area contributed by atoms with Crippen molar-refractivity contribution in [2.24, 2.45) is 5.73 Å². The van der Waals surface area contributed by atoms with Crippen molar-refractivity contribution in [2.45, 2.75) is 19.5 Å². The maximum Gasteiger partial charge on any atom is 0.128 e. The molecule has 2 aromatic rings. The van der Waals surface area contributed by atoms with Crippen LogP contribution in [0.25, 0.3) is 0 Å². The summed E-state index contributed by atoms with van der Waals surface area (Å²) >= 11 is 0. The van der Waals surface area contributed by atoms with Crippen LogP contribution in [0.2, 0.25) is 0 Å². The van der Waals surface area contributed by atoms with Crippen LogP contribution < -0.4 is 10.6 Å². The summed E-state index contributed by atoms with van der Waals surface area (Å²) in [5, 5.41) is 0. The van der Waals surface area contributed by atoms with Gasteiger partial charge in [0.1, 0.15) is 5.82 Å². The minimum Gasteiger partial charge on any atom is -0.472 e. The van der Waals surface area contributed by atoms with Crippen molar-refractivity contribution in [3.8, 4) is 0 Å². The van der Waals surface area contributed by atoms with Crippen LogP contribution >= 0.6 is 0 Å². The highest BCUT2D eigenvalue weighted by Gasteiger charge is 2.05. The summed E-state index contributed by atoms with van der Waals surface area (Å²) in [6, 6.07) is 5.97. The third-order valence-corrected chi connectivity index (χ3v) is 2.69. The number of rotatable bonds is 4. The van der Waals surface area contributed by atoms with Gasteiger partial charge in [-0.15, -0.1) is 0 Å². The van der Waals surface area contributed by atoms with Crippen molar-refractivity contribution in [1.29, 1.82) is 0 Å². The zero-order chi connectivity index (χ0) is 12.3. The number of pyridine rings is 1. The largest absolute Gasteiger partial charge is 0.472 e. The van der Waals surface area contributed by atoms with E-state index >= 15 is 0 Å². The van der Waals surface area contributed by atoms with Gasteiger partial charge in [-0.1, -0.05) is 6.07 Å². The van der Waals surface area contributed by atoms with Crippen LogP contribution in [0.1, 0.15) is 24.1 Å². The second-order valence-electron chi connectivity index (χ2n) is 4.23. The second kappa shape index (κ2) is 5.01. The number of anilines is 1. The Morgan fingerprint density at radius 2 is 2.24 bits per heavy atom. The third-order valence-electron chi connectivity index (χ3n) is 2.69. The van der Waals surface area contributed by atoms with Crippen molar-refractivity contribution >= 4 is 5.82 Å². The Morgan fingerprint density at radius 1 is 1.41 bits per heavy atom. The maximum absolute atomic E-state index is 5.78. The average Bonchev–Trinajstić information content (AvgIpc) is 2.82. The minimum absolute atomic E-state index is 0.0238. The Kier molecular flexibility index (Phi) is 3.44. The van der Waals surface area contributed by atoms with Gasteiger partial charge >= 0.3 is 0 Å². The van der Waals surface area contributed by atoms with Gasteiger partial charge in [-0.2, -0.15) is 0 Å². The van der Waals surface area contributed by atoms with Crippen LogP contribution in [0.4, 0.5) is 5.82 Å². The molecule has 2 N–H and O–H groups in total. The normalized spacial score (nSPS) is 12.4. The molecule has 0 saturated carbocycles. The highest BCUT2D eigenvalue weighted by atomic mass is 16.3. The van der Waals surface area contributed by atoms with Crippen LogP contribution in [0.5, 0.6) is 0 Å². The molecule has 0 saturated heterocycles. The lowest BCUT2D eigenvalue weighted by molar-refractivity contribution is 0.563. The summed E-state index contributed by atoms with van der Waals surface area (Å²) in [5.41, 5.74) is 7.96. The Balaban J connectivity index is 2.06. The van der Waals surface area contributed by atoms with Gasteiger partial charge in [0.25, 0.3) is 0 Å². The van der Waals surface area contributed by atoms with Gasteiger partial charge in [0.15, 0.2) is 0 Å². The van der Waals surface area contributed by atoms with E-state index in [0.717, 1.165) is 23.5 Å². The quantitative estimate of drug-likeness (QED) is 0.877. The molecule has 0 bridgehead atoms. The van der Waals surface area contributed by atoms with Gasteiger partial charge in [0.2, 0.25) is 0 Å². The predicted octanol–water partition coefficient (Wildman–Crippen LogP) is 2.33. The molecule has 2 aromatic heterocycles. The van der Waals surface area contributed by atoms with Gasteiger partial charge in [0, 0.05) is 31.4 Å². The van der Waals surface area contributed by atoms with Gasteiger partial charge in [0.05, 0.1) is 12.5 Å². The number of nitrogens with zero attached hydrogens (tertiary/aromatic N) is 2. The van der Waals surface area contributed by atoms with E-state index in [1.54, 1.807) is 12.5 Å². The Labute approximate surface area is 101 Å². The summed E-state index contributed by atoms with van der Waals surface area (Å²) in [5.74, 6) is 0.926. The topological polar surface area (TPSA) is 55.3 Å². The Hall–Kier alpha value is -1.81. The SMILES string of the molecule is CC(N)c1ccc(N(C)Cc2ccoc2)nc1. The summed E-state index contributed by atoms with van der Waals surface area (Å²) in [7, 11) is 2.00. The first kappa shape index (κ1) is 11.7. The molecule has 4 heteroatoms. The summed E-state index contributed by atoms with van der Waals surface area (Å²) in [6.45, 7) is 2.73. The molecule has 0 fully saturated rings. The molecule has 1 atom stereocenters. The van der Waals surface area contributed by atoms with Gasteiger partial charge in [-0.05, 0) is 24.6 Å². The fraction of sp³-hybridized carbons (Fsp3) is 0.308. The number of hydrogen-bond acceptors (Lipinski definition) is 4. The smallest absolute Gasteiger partial charge is 0.128 e. The molecule has 2 heterocycles. The minimum atomic E-state index is 0.0238. The molecule has 0 aliphatic rings. The molecule has 4 nitrogen and oxygen atoms in total. The zero-order valence-corrected chi connectivity index (χ0v) is 10.1. The number of aromatic nitrogens is 1. The van der Waals surface area contributed by atoms with Gasteiger partial charge in [-0.3, -0.25) is 0 Å². The third kappa shape index (κ3) is 2.85. The van der Waals surface area contributed by atoms with E-state index in [1.165, 1.54) is 0 Å². The van der Waals surface area contributed by atoms with Crippen LogP contribution in [-0.4, -0.2) is 12.0 Å². The molecule has 90 valence electrons. The molecule has 0 spiro atoms. The average molecular weight is 231 g/mol. The fourth-order valence-corrected chi connectivity index (χ4v) is 1.63. The molecular formula is C13H17N3O. The highest BCUT2D eigenvalue weighted by Crippen LogP contribution is 2.15. The molecule has 0 aliphatic heterocycles. The lowest BCUT2D eigenvalue weighted by atomic mass is 10.1. The van der Waals surface area contributed by atoms with Crippen LogP contribution in [0.3, 0.4) is 0 Å². The molecule has 0 aliphatic carbocycles. The van der Waals surface area contributed by atoms with E-state index in [0.29, 0.717) is 0 Å². The first-order chi connectivity index (χ1) is 8.16. The summed E-state index contributed by atoms with van der Waals surface area (Å²) in [4.78, 5) is 6.46.